The number of carbonyl (C=O) groups is 1. The van der Waals surface area contributed by atoms with E-state index in [1.54, 1.807) is 18.2 Å². The van der Waals surface area contributed by atoms with Crippen LogP contribution in [0.5, 0.6) is 11.5 Å². The molecule has 0 radical (unpaired) electrons. The molecule has 1 N–H and O–H groups in total. The molecule has 0 spiro atoms. The fraction of sp³-hybridized carbons (Fsp3) is 0.273. The van der Waals surface area contributed by atoms with E-state index in [0.29, 0.717) is 15.9 Å². The van der Waals surface area contributed by atoms with E-state index >= 15 is 0 Å². The predicted molar refractivity (Wildman–Crippen MR) is 118 cm³/mol. The summed E-state index contributed by atoms with van der Waals surface area (Å²) in [5, 5.41) is 5.87. The second-order valence-corrected chi connectivity index (χ2v) is 7.78. The van der Waals surface area contributed by atoms with Crippen molar-refractivity contribution in [1.29, 1.82) is 0 Å². The quantitative estimate of drug-likeness (QED) is 0.425. The van der Waals surface area contributed by atoms with Crippen molar-refractivity contribution in [2.24, 2.45) is 0 Å². The van der Waals surface area contributed by atoms with Crippen molar-refractivity contribution in [2.45, 2.75) is 26.7 Å². The number of amides is 1. The Morgan fingerprint density at radius 1 is 1.14 bits per heavy atom. The SMILES string of the molecule is CCCCOc1ccc(-c2csc(NC(=O)COc3ccc(Cl)c(C)c3)n2)cc1. The van der Waals surface area contributed by atoms with Gasteiger partial charge in [-0.1, -0.05) is 24.9 Å². The molecule has 1 aromatic heterocycles. The Bertz CT molecular complexity index is 957. The van der Waals surface area contributed by atoms with Gasteiger partial charge in [-0.15, -0.1) is 11.3 Å². The summed E-state index contributed by atoms with van der Waals surface area (Å²) in [7, 11) is 0. The van der Waals surface area contributed by atoms with Gasteiger partial charge >= 0.3 is 0 Å². The van der Waals surface area contributed by atoms with Gasteiger partial charge in [0, 0.05) is 16.0 Å². The van der Waals surface area contributed by atoms with Gasteiger partial charge in [-0.2, -0.15) is 0 Å². The molecule has 152 valence electrons. The largest absolute Gasteiger partial charge is 0.494 e. The summed E-state index contributed by atoms with van der Waals surface area (Å²) in [4.78, 5) is 16.6. The standard InChI is InChI=1S/C22H23ClN2O3S/c1-3-4-11-27-17-7-5-16(6-8-17)20-14-29-22(24-20)25-21(26)13-28-18-9-10-19(23)15(2)12-18/h5-10,12,14H,3-4,11,13H2,1-2H3,(H,24,25,26). The number of hydrogen-bond donors (Lipinski definition) is 1. The summed E-state index contributed by atoms with van der Waals surface area (Å²) in [6.45, 7) is 4.65. The number of halogens is 1. The minimum atomic E-state index is -0.266. The maximum Gasteiger partial charge on any atom is 0.264 e. The Kier molecular flexibility index (Phi) is 7.49. The average molecular weight is 431 g/mol. The molecule has 0 saturated carbocycles. The van der Waals surface area contributed by atoms with Gasteiger partial charge in [0.15, 0.2) is 11.7 Å². The topological polar surface area (TPSA) is 60.5 Å². The van der Waals surface area contributed by atoms with Crippen molar-refractivity contribution in [3.63, 3.8) is 0 Å². The molecule has 0 aliphatic heterocycles. The van der Waals surface area contributed by atoms with Crippen molar-refractivity contribution in [2.75, 3.05) is 18.5 Å². The van der Waals surface area contributed by atoms with Gasteiger partial charge in [0.2, 0.25) is 0 Å². The highest BCUT2D eigenvalue weighted by Gasteiger charge is 2.09. The van der Waals surface area contributed by atoms with Crippen LogP contribution in [-0.2, 0) is 4.79 Å². The minimum absolute atomic E-state index is 0.0974. The Balaban J connectivity index is 1.52. The van der Waals surface area contributed by atoms with Crippen LogP contribution < -0.4 is 14.8 Å². The first-order valence-electron chi connectivity index (χ1n) is 9.42. The summed E-state index contributed by atoms with van der Waals surface area (Å²) in [6, 6.07) is 13.1. The lowest BCUT2D eigenvalue weighted by atomic mass is 10.2. The van der Waals surface area contributed by atoms with Gasteiger partial charge in [0.1, 0.15) is 11.5 Å². The van der Waals surface area contributed by atoms with Crippen LogP contribution in [0.25, 0.3) is 11.3 Å². The van der Waals surface area contributed by atoms with Gasteiger partial charge in [-0.05, 0) is 61.4 Å². The molecular formula is C22H23ClN2O3S. The molecule has 0 saturated heterocycles. The number of nitrogens with one attached hydrogen (secondary N) is 1. The van der Waals surface area contributed by atoms with E-state index in [1.165, 1.54) is 11.3 Å². The fourth-order valence-electron chi connectivity index (χ4n) is 2.53. The first kappa shape index (κ1) is 21.1. The number of aromatic nitrogens is 1. The second kappa shape index (κ2) is 10.3. The Morgan fingerprint density at radius 2 is 1.90 bits per heavy atom. The molecule has 1 amide bonds. The third kappa shape index (κ3) is 6.21. The fourth-order valence-corrected chi connectivity index (χ4v) is 3.38. The Morgan fingerprint density at radius 3 is 2.62 bits per heavy atom. The van der Waals surface area contributed by atoms with Gasteiger partial charge in [0.05, 0.1) is 12.3 Å². The molecule has 5 nitrogen and oxygen atoms in total. The summed E-state index contributed by atoms with van der Waals surface area (Å²) in [5.41, 5.74) is 2.67. The smallest absolute Gasteiger partial charge is 0.264 e. The normalized spacial score (nSPS) is 10.6. The molecule has 29 heavy (non-hydrogen) atoms. The van der Waals surface area contributed by atoms with E-state index in [-0.39, 0.29) is 12.5 Å². The van der Waals surface area contributed by atoms with Crippen molar-refractivity contribution >= 4 is 34.0 Å². The summed E-state index contributed by atoms with van der Waals surface area (Å²) >= 11 is 7.36. The van der Waals surface area contributed by atoms with Gasteiger partial charge in [-0.25, -0.2) is 4.98 Å². The lowest BCUT2D eigenvalue weighted by Crippen LogP contribution is -2.20. The van der Waals surface area contributed by atoms with Crippen LogP contribution in [0, 0.1) is 6.92 Å². The van der Waals surface area contributed by atoms with E-state index in [9.17, 15) is 4.79 Å². The first-order chi connectivity index (χ1) is 14.0. The molecule has 0 unspecified atom stereocenters. The molecule has 7 heteroatoms. The number of nitrogens with zero attached hydrogens (tertiary/aromatic N) is 1. The van der Waals surface area contributed by atoms with Gasteiger partial charge < -0.3 is 9.47 Å². The number of aryl methyl sites for hydroxylation is 1. The number of carbonyl (C=O) groups excluding carboxylic acids is 1. The Labute approximate surface area is 179 Å². The third-order valence-corrected chi connectivity index (χ3v) is 5.35. The lowest BCUT2D eigenvalue weighted by molar-refractivity contribution is -0.118. The molecule has 3 aromatic rings. The third-order valence-electron chi connectivity index (χ3n) is 4.17. The van der Waals surface area contributed by atoms with E-state index in [2.05, 4.69) is 17.2 Å². The Hall–Kier alpha value is -2.57. The van der Waals surface area contributed by atoms with Gasteiger partial charge in [0.25, 0.3) is 5.91 Å². The molecule has 0 aliphatic rings. The van der Waals surface area contributed by atoms with Crippen LogP contribution in [0.2, 0.25) is 5.02 Å². The molecule has 0 fully saturated rings. The zero-order chi connectivity index (χ0) is 20.6. The van der Waals surface area contributed by atoms with E-state index in [1.807, 2.05) is 36.6 Å². The maximum absolute atomic E-state index is 12.1. The highest BCUT2D eigenvalue weighted by Crippen LogP contribution is 2.27. The highest BCUT2D eigenvalue weighted by molar-refractivity contribution is 7.14. The highest BCUT2D eigenvalue weighted by atomic mass is 35.5. The van der Waals surface area contributed by atoms with E-state index < -0.39 is 0 Å². The maximum atomic E-state index is 12.1. The molecule has 3 rings (SSSR count). The summed E-state index contributed by atoms with van der Waals surface area (Å²) < 4.78 is 11.2. The zero-order valence-corrected chi connectivity index (χ0v) is 18.0. The monoisotopic (exact) mass is 430 g/mol. The molecule has 2 aromatic carbocycles. The van der Waals surface area contributed by atoms with Crippen LogP contribution in [0.15, 0.2) is 47.8 Å². The van der Waals surface area contributed by atoms with E-state index in [4.69, 9.17) is 21.1 Å². The van der Waals surface area contributed by atoms with Crippen molar-refractivity contribution < 1.29 is 14.3 Å². The average Bonchev–Trinajstić information content (AvgIpc) is 3.18. The predicted octanol–water partition coefficient (Wildman–Crippen LogP) is 5.97. The van der Waals surface area contributed by atoms with Crippen molar-refractivity contribution in [3.05, 3.63) is 58.4 Å². The van der Waals surface area contributed by atoms with E-state index in [0.717, 1.165) is 42.0 Å². The van der Waals surface area contributed by atoms with Crippen LogP contribution in [0.1, 0.15) is 25.3 Å². The summed E-state index contributed by atoms with van der Waals surface area (Å²) in [6.07, 6.45) is 2.15. The van der Waals surface area contributed by atoms with Crippen LogP contribution >= 0.6 is 22.9 Å². The number of anilines is 1. The molecule has 0 aliphatic carbocycles. The lowest BCUT2D eigenvalue weighted by Gasteiger charge is -2.07. The molecular weight excluding hydrogens is 408 g/mol. The number of thiazole rings is 1. The number of unbranched alkanes of at least 4 members (excludes halogenated alkanes) is 1. The number of ether oxygens (including phenoxy) is 2. The van der Waals surface area contributed by atoms with Crippen molar-refractivity contribution in [1.82, 2.24) is 4.98 Å². The number of rotatable bonds is 9. The summed E-state index contributed by atoms with van der Waals surface area (Å²) in [5.74, 6) is 1.18. The molecule has 0 bridgehead atoms. The zero-order valence-electron chi connectivity index (χ0n) is 16.4. The van der Waals surface area contributed by atoms with Crippen LogP contribution in [-0.4, -0.2) is 24.1 Å². The van der Waals surface area contributed by atoms with Gasteiger partial charge in [-0.3, -0.25) is 10.1 Å². The second-order valence-electron chi connectivity index (χ2n) is 6.51. The van der Waals surface area contributed by atoms with Crippen LogP contribution in [0.4, 0.5) is 5.13 Å². The van der Waals surface area contributed by atoms with Crippen molar-refractivity contribution in [3.8, 4) is 22.8 Å². The molecule has 1 heterocycles. The first-order valence-corrected chi connectivity index (χ1v) is 10.7. The minimum Gasteiger partial charge on any atom is -0.494 e. The number of hydrogen-bond acceptors (Lipinski definition) is 5. The number of benzene rings is 2. The van der Waals surface area contributed by atoms with Crippen LogP contribution in [0.3, 0.4) is 0 Å². The molecule has 0 atom stereocenters.